The highest BCUT2D eigenvalue weighted by Gasteiger charge is 2.22. The van der Waals surface area contributed by atoms with Crippen LogP contribution in [-0.2, 0) is 4.79 Å². The van der Waals surface area contributed by atoms with Crippen molar-refractivity contribution in [1.29, 1.82) is 0 Å². The summed E-state index contributed by atoms with van der Waals surface area (Å²) in [6, 6.07) is 7.02. The predicted molar refractivity (Wildman–Crippen MR) is 76.9 cm³/mol. The number of benzene rings is 1. The number of carboxylic acids is 1. The van der Waals surface area contributed by atoms with Gasteiger partial charge in [-0.1, -0.05) is 26.0 Å². The summed E-state index contributed by atoms with van der Waals surface area (Å²) in [6.45, 7) is 3.93. The molecule has 0 aromatic heterocycles. The lowest BCUT2D eigenvalue weighted by atomic mass is 9.97. The van der Waals surface area contributed by atoms with Gasteiger partial charge in [-0.15, -0.1) is 0 Å². The van der Waals surface area contributed by atoms with Crippen LogP contribution >= 0.6 is 0 Å². The molecule has 0 radical (unpaired) electrons. The maximum atomic E-state index is 10.7. The summed E-state index contributed by atoms with van der Waals surface area (Å²) in [7, 11) is 1.58. The summed E-state index contributed by atoms with van der Waals surface area (Å²) in [5.74, 6) is -0.137. The second-order valence-corrected chi connectivity index (χ2v) is 5.08. The topological polar surface area (TPSA) is 78.8 Å². The number of hydrogen-bond donors (Lipinski definition) is 3. The number of methoxy groups -OCH3 is 1. The molecule has 0 spiro atoms. The molecule has 0 heterocycles. The van der Waals surface area contributed by atoms with E-state index in [0.717, 1.165) is 11.3 Å². The second-order valence-electron chi connectivity index (χ2n) is 5.08. The van der Waals surface area contributed by atoms with E-state index in [4.69, 9.17) is 9.84 Å². The van der Waals surface area contributed by atoms with Crippen LogP contribution in [0.4, 0.5) is 0 Å². The molecule has 0 fully saturated rings. The Hall–Kier alpha value is -1.59. The molecule has 112 valence electrons. The molecule has 0 aliphatic carbocycles. The fourth-order valence-electron chi connectivity index (χ4n) is 2.07. The molecular formula is C15H23NO4. The van der Waals surface area contributed by atoms with Crippen LogP contribution < -0.4 is 10.1 Å². The third-order valence-corrected chi connectivity index (χ3v) is 3.06. The van der Waals surface area contributed by atoms with Gasteiger partial charge in [0.25, 0.3) is 0 Å². The van der Waals surface area contributed by atoms with Gasteiger partial charge in [0.05, 0.1) is 13.2 Å². The van der Waals surface area contributed by atoms with Gasteiger partial charge in [-0.25, -0.2) is 0 Å². The molecule has 1 rings (SSSR count). The normalized spacial score (nSPS) is 14.1. The summed E-state index contributed by atoms with van der Waals surface area (Å²) >= 11 is 0. The molecule has 0 aliphatic rings. The number of nitrogens with one attached hydrogen (secondary N) is 1. The number of ether oxygens (including phenoxy) is 1. The van der Waals surface area contributed by atoms with Crippen molar-refractivity contribution in [3.05, 3.63) is 29.8 Å². The van der Waals surface area contributed by atoms with E-state index in [2.05, 4.69) is 5.32 Å². The van der Waals surface area contributed by atoms with Crippen LogP contribution in [0.25, 0.3) is 0 Å². The molecule has 1 aromatic carbocycles. The molecule has 3 N–H and O–H groups in total. The number of rotatable bonds is 8. The minimum atomic E-state index is -0.859. The van der Waals surface area contributed by atoms with Crippen molar-refractivity contribution >= 4 is 5.97 Å². The Balaban J connectivity index is 2.78. The number of aliphatic carboxylic acids is 1. The highest BCUT2D eigenvalue weighted by atomic mass is 16.5. The molecule has 0 saturated heterocycles. The zero-order chi connectivity index (χ0) is 15.1. The number of carbonyl (C=O) groups is 1. The van der Waals surface area contributed by atoms with Crippen molar-refractivity contribution in [3.8, 4) is 5.75 Å². The van der Waals surface area contributed by atoms with Gasteiger partial charge in [0.15, 0.2) is 0 Å². The molecule has 0 saturated carbocycles. The first-order valence-electron chi connectivity index (χ1n) is 6.74. The van der Waals surface area contributed by atoms with Gasteiger partial charge in [0.1, 0.15) is 5.75 Å². The third-order valence-electron chi connectivity index (χ3n) is 3.06. The monoisotopic (exact) mass is 281 g/mol. The molecule has 2 atom stereocenters. The third kappa shape index (κ3) is 5.19. The Bertz CT molecular complexity index is 416. The van der Waals surface area contributed by atoms with Crippen LogP contribution in [0.3, 0.4) is 0 Å². The SMILES string of the molecule is COc1ccc(C(O)C(CCC(=O)O)NC(C)C)cc1. The minimum Gasteiger partial charge on any atom is -0.497 e. The van der Waals surface area contributed by atoms with Crippen LogP contribution in [0, 0.1) is 0 Å². The lowest BCUT2D eigenvalue weighted by Gasteiger charge is -2.26. The van der Waals surface area contributed by atoms with E-state index >= 15 is 0 Å². The van der Waals surface area contributed by atoms with Crippen molar-refractivity contribution < 1.29 is 19.7 Å². The number of aliphatic hydroxyl groups is 1. The Morgan fingerprint density at radius 2 is 1.90 bits per heavy atom. The first-order valence-corrected chi connectivity index (χ1v) is 6.74. The number of carboxylic acid groups (broad SMARTS) is 1. The molecule has 1 aromatic rings. The quantitative estimate of drug-likeness (QED) is 0.679. The van der Waals surface area contributed by atoms with Gasteiger partial charge < -0.3 is 20.3 Å². The fraction of sp³-hybridized carbons (Fsp3) is 0.533. The predicted octanol–water partition coefficient (Wildman–Crippen LogP) is 1.96. The van der Waals surface area contributed by atoms with Crippen LogP contribution in [0.1, 0.15) is 38.4 Å². The van der Waals surface area contributed by atoms with Gasteiger partial charge in [-0.3, -0.25) is 4.79 Å². The van der Waals surface area contributed by atoms with E-state index in [1.54, 1.807) is 31.4 Å². The first kappa shape index (κ1) is 16.5. The van der Waals surface area contributed by atoms with E-state index in [1.165, 1.54) is 0 Å². The first-order chi connectivity index (χ1) is 9.43. The highest BCUT2D eigenvalue weighted by molar-refractivity contribution is 5.66. The number of aliphatic hydroxyl groups excluding tert-OH is 1. The summed E-state index contributed by atoms with van der Waals surface area (Å²) < 4.78 is 5.08. The van der Waals surface area contributed by atoms with Crippen molar-refractivity contribution in [2.75, 3.05) is 7.11 Å². The lowest BCUT2D eigenvalue weighted by Crippen LogP contribution is -2.39. The summed E-state index contributed by atoms with van der Waals surface area (Å²) in [4.78, 5) is 10.7. The summed E-state index contributed by atoms with van der Waals surface area (Å²) in [6.07, 6.45) is -0.346. The van der Waals surface area contributed by atoms with Gasteiger partial charge >= 0.3 is 5.97 Å². The van der Waals surface area contributed by atoms with Gasteiger partial charge in [0.2, 0.25) is 0 Å². The molecule has 2 unspecified atom stereocenters. The summed E-state index contributed by atoms with van der Waals surface area (Å²) in [5, 5.41) is 22.4. The van der Waals surface area contributed by atoms with Gasteiger partial charge in [0, 0.05) is 18.5 Å². The van der Waals surface area contributed by atoms with Crippen LogP contribution in [0.2, 0.25) is 0 Å². The van der Waals surface area contributed by atoms with Crippen LogP contribution in [0.15, 0.2) is 24.3 Å². The zero-order valence-corrected chi connectivity index (χ0v) is 12.2. The van der Waals surface area contributed by atoms with Crippen LogP contribution in [0.5, 0.6) is 5.75 Å². The Morgan fingerprint density at radius 3 is 2.35 bits per heavy atom. The van der Waals surface area contributed by atoms with Gasteiger partial charge in [-0.05, 0) is 24.1 Å². The molecule has 0 amide bonds. The average Bonchev–Trinajstić information content (AvgIpc) is 2.42. The molecule has 0 aliphatic heterocycles. The average molecular weight is 281 g/mol. The maximum Gasteiger partial charge on any atom is 0.303 e. The molecular weight excluding hydrogens is 258 g/mol. The summed E-state index contributed by atoms with van der Waals surface area (Å²) in [5.41, 5.74) is 0.745. The van der Waals surface area contributed by atoms with Crippen molar-refractivity contribution in [2.24, 2.45) is 0 Å². The molecule has 5 heteroatoms. The fourth-order valence-corrected chi connectivity index (χ4v) is 2.07. The molecule has 5 nitrogen and oxygen atoms in total. The Morgan fingerprint density at radius 1 is 1.30 bits per heavy atom. The van der Waals surface area contributed by atoms with Crippen molar-refractivity contribution in [3.63, 3.8) is 0 Å². The van der Waals surface area contributed by atoms with Crippen LogP contribution in [-0.4, -0.2) is 35.4 Å². The zero-order valence-electron chi connectivity index (χ0n) is 12.2. The van der Waals surface area contributed by atoms with E-state index in [0.29, 0.717) is 6.42 Å². The highest BCUT2D eigenvalue weighted by Crippen LogP contribution is 2.23. The maximum absolute atomic E-state index is 10.7. The van der Waals surface area contributed by atoms with Gasteiger partial charge in [-0.2, -0.15) is 0 Å². The van der Waals surface area contributed by atoms with Crippen molar-refractivity contribution in [2.45, 2.75) is 44.9 Å². The van der Waals surface area contributed by atoms with E-state index in [9.17, 15) is 9.90 Å². The standard InChI is InChI=1S/C15H23NO4/c1-10(2)16-13(8-9-14(17)18)15(19)11-4-6-12(20-3)7-5-11/h4-7,10,13,15-16,19H,8-9H2,1-3H3,(H,17,18). The number of hydrogen-bond acceptors (Lipinski definition) is 4. The van der Waals surface area contributed by atoms with E-state index in [1.807, 2.05) is 13.8 Å². The largest absolute Gasteiger partial charge is 0.497 e. The second kappa shape index (κ2) is 7.87. The minimum absolute atomic E-state index is 0.0254. The molecule has 0 bridgehead atoms. The Kier molecular flexibility index (Phi) is 6.48. The smallest absolute Gasteiger partial charge is 0.303 e. The van der Waals surface area contributed by atoms with E-state index < -0.39 is 12.1 Å². The lowest BCUT2D eigenvalue weighted by molar-refractivity contribution is -0.137. The van der Waals surface area contributed by atoms with Crippen molar-refractivity contribution in [1.82, 2.24) is 5.32 Å². The Labute approximate surface area is 119 Å². The van der Waals surface area contributed by atoms with E-state index in [-0.39, 0.29) is 18.5 Å². The molecule has 20 heavy (non-hydrogen) atoms.